The fraction of sp³-hybridized carbons (Fsp3) is 0.469. The van der Waals surface area contributed by atoms with Gasteiger partial charge in [-0.15, -0.1) is 0 Å². The summed E-state index contributed by atoms with van der Waals surface area (Å²) in [6, 6.07) is 12.4. The molecule has 0 spiro atoms. The minimum atomic E-state index is -0.0239. The van der Waals surface area contributed by atoms with Gasteiger partial charge in [0.2, 0.25) is 0 Å². The Morgan fingerprint density at radius 2 is 1.91 bits per heavy atom. The van der Waals surface area contributed by atoms with E-state index < -0.39 is 0 Å². The van der Waals surface area contributed by atoms with Crippen LogP contribution in [-0.2, 0) is 14.2 Å². The fourth-order valence-corrected chi connectivity index (χ4v) is 4.96. The third kappa shape index (κ3) is 8.20. The molecule has 1 unspecified atom stereocenters. The third-order valence-electron chi connectivity index (χ3n) is 7.23. The molecule has 0 saturated carbocycles. The number of ether oxygens (including phenoxy) is 5. The maximum Gasteiger partial charge on any atom is 0.189 e. The highest BCUT2D eigenvalue weighted by Crippen LogP contribution is 2.34. The predicted octanol–water partition coefficient (Wildman–Crippen LogP) is 5.34. The molecule has 0 bridgehead atoms. The van der Waals surface area contributed by atoms with Crippen molar-refractivity contribution in [2.75, 3.05) is 58.8 Å². The number of hydrogen-bond donors (Lipinski definition) is 1. The zero-order valence-electron chi connectivity index (χ0n) is 25.5. The lowest BCUT2D eigenvalue weighted by Crippen LogP contribution is -2.32. The van der Waals surface area contributed by atoms with Gasteiger partial charge in [-0.2, -0.15) is 5.10 Å². The van der Waals surface area contributed by atoms with Gasteiger partial charge in [0.05, 0.1) is 49.4 Å². The first-order valence-corrected chi connectivity index (χ1v) is 14.9. The lowest BCUT2D eigenvalue weighted by molar-refractivity contribution is -0.0394. The number of fused-ring (bicyclic) bond motifs is 1. The van der Waals surface area contributed by atoms with E-state index in [9.17, 15) is 0 Å². The molecule has 1 fully saturated rings. The zero-order chi connectivity index (χ0) is 30.0. The van der Waals surface area contributed by atoms with Crippen LogP contribution in [0, 0.1) is 0 Å². The lowest BCUT2D eigenvalue weighted by Gasteiger charge is -2.27. The van der Waals surface area contributed by atoms with E-state index in [4.69, 9.17) is 33.7 Å². The molecule has 3 heterocycles. The van der Waals surface area contributed by atoms with Crippen molar-refractivity contribution in [3.63, 3.8) is 0 Å². The highest BCUT2D eigenvalue weighted by atomic mass is 16.7. The topological polar surface area (TPSA) is 105 Å². The summed E-state index contributed by atoms with van der Waals surface area (Å²) in [4.78, 5) is 11.9. The average molecular weight is 591 g/mol. The number of nitrogens with zero attached hydrogens (tertiary/aromatic N) is 5. The summed E-state index contributed by atoms with van der Waals surface area (Å²) in [5, 5.41) is 8.09. The van der Waals surface area contributed by atoms with E-state index in [2.05, 4.69) is 41.3 Å². The van der Waals surface area contributed by atoms with E-state index >= 15 is 0 Å². The minimum absolute atomic E-state index is 0.0239. The van der Waals surface area contributed by atoms with Crippen molar-refractivity contribution in [1.29, 1.82) is 0 Å². The largest absolute Gasteiger partial charge is 0.497 e. The van der Waals surface area contributed by atoms with Crippen molar-refractivity contribution in [3.8, 4) is 22.8 Å². The van der Waals surface area contributed by atoms with E-state index in [1.165, 1.54) is 0 Å². The Kier molecular flexibility index (Phi) is 10.8. The Morgan fingerprint density at radius 1 is 1.02 bits per heavy atom. The van der Waals surface area contributed by atoms with Gasteiger partial charge in [0.25, 0.3) is 0 Å². The lowest BCUT2D eigenvalue weighted by atomic mass is 10.2. The van der Waals surface area contributed by atoms with Gasteiger partial charge >= 0.3 is 0 Å². The van der Waals surface area contributed by atoms with E-state index in [-0.39, 0.29) is 13.0 Å². The average Bonchev–Trinajstić information content (AvgIpc) is 3.53. The van der Waals surface area contributed by atoms with E-state index in [0.717, 1.165) is 66.1 Å². The van der Waals surface area contributed by atoms with Crippen molar-refractivity contribution < 1.29 is 23.7 Å². The molecule has 2 aromatic heterocycles. The Balaban J connectivity index is 1.43. The molecule has 1 saturated heterocycles. The first kappa shape index (κ1) is 30.7. The maximum atomic E-state index is 5.91. The second kappa shape index (κ2) is 15.1. The Hall–Kier alpha value is -3.77. The summed E-state index contributed by atoms with van der Waals surface area (Å²) in [7, 11) is 3.29. The number of aromatic nitrogens is 4. The van der Waals surface area contributed by atoms with Gasteiger partial charge in [0.1, 0.15) is 17.7 Å². The van der Waals surface area contributed by atoms with Crippen molar-refractivity contribution in [2.45, 2.75) is 45.4 Å². The molecule has 1 aliphatic rings. The van der Waals surface area contributed by atoms with E-state index in [1.807, 2.05) is 41.3 Å². The highest BCUT2D eigenvalue weighted by molar-refractivity contribution is 5.82. The number of benzene rings is 2. The van der Waals surface area contributed by atoms with Gasteiger partial charge in [-0.1, -0.05) is 13.8 Å². The monoisotopic (exact) mass is 590 g/mol. The second-order valence-corrected chi connectivity index (χ2v) is 10.7. The van der Waals surface area contributed by atoms with Gasteiger partial charge in [-0.3, -0.25) is 4.98 Å². The van der Waals surface area contributed by atoms with Crippen LogP contribution in [0.2, 0.25) is 0 Å². The van der Waals surface area contributed by atoms with Crippen LogP contribution in [-0.4, -0.2) is 79.7 Å². The predicted molar refractivity (Wildman–Crippen MR) is 166 cm³/mol. The van der Waals surface area contributed by atoms with Gasteiger partial charge in [0, 0.05) is 74.2 Å². The maximum absolute atomic E-state index is 5.91. The molecule has 0 aliphatic carbocycles. The molecule has 43 heavy (non-hydrogen) atoms. The summed E-state index contributed by atoms with van der Waals surface area (Å²) < 4.78 is 29.9. The molecule has 2 aromatic carbocycles. The summed E-state index contributed by atoms with van der Waals surface area (Å²) in [5.74, 6) is 1.34. The van der Waals surface area contributed by atoms with Gasteiger partial charge in [0.15, 0.2) is 6.79 Å². The molecule has 5 rings (SSSR count). The quantitative estimate of drug-likeness (QED) is 0.144. The van der Waals surface area contributed by atoms with Crippen LogP contribution in [0.25, 0.3) is 22.3 Å². The summed E-state index contributed by atoms with van der Waals surface area (Å²) in [5.41, 5.74) is 5.20. The molecular weight excluding hydrogens is 548 g/mol. The van der Waals surface area contributed by atoms with Gasteiger partial charge in [-0.25, -0.2) is 9.67 Å². The summed E-state index contributed by atoms with van der Waals surface area (Å²) >= 11 is 0. The number of hydrogen-bond acceptors (Lipinski definition) is 10. The molecule has 11 nitrogen and oxygen atoms in total. The molecule has 0 amide bonds. The molecule has 1 atom stereocenters. The normalized spacial score (nSPS) is 15.2. The molecular formula is C32H42N6O5. The van der Waals surface area contributed by atoms with Crippen molar-refractivity contribution in [2.24, 2.45) is 0 Å². The molecule has 4 aromatic rings. The third-order valence-corrected chi connectivity index (χ3v) is 7.23. The molecule has 230 valence electrons. The standard InChI is InChI=1S/C32H42N6O5/c1-23(2)33-10-11-37(26-15-27(40-4)18-28(16-26)43-22-41-14-13-39-3)25-8-9-29-30(17-25)36-31(20-34-29)24-19-35-38(21-24)32-7-5-6-12-42-32/h8-9,15-21,23,32-33H,5-7,10-14,22H2,1-4H3. The summed E-state index contributed by atoms with van der Waals surface area (Å²) in [6.45, 7) is 7.61. The van der Waals surface area contributed by atoms with Crippen molar-refractivity contribution in [1.82, 2.24) is 25.1 Å². The second-order valence-electron chi connectivity index (χ2n) is 10.7. The smallest absolute Gasteiger partial charge is 0.189 e. The molecule has 1 N–H and O–H groups in total. The van der Waals surface area contributed by atoms with Gasteiger partial charge < -0.3 is 33.9 Å². The Morgan fingerprint density at radius 3 is 2.70 bits per heavy atom. The van der Waals surface area contributed by atoms with Crippen LogP contribution in [0.3, 0.4) is 0 Å². The Labute approximate surface area is 253 Å². The zero-order valence-corrected chi connectivity index (χ0v) is 25.5. The van der Waals surface area contributed by atoms with Crippen LogP contribution in [0.4, 0.5) is 11.4 Å². The van der Waals surface area contributed by atoms with E-state index in [0.29, 0.717) is 37.3 Å². The van der Waals surface area contributed by atoms with Crippen LogP contribution >= 0.6 is 0 Å². The van der Waals surface area contributed by atoms with Crippen LogP contribution < -0.4 is 19.7 Å². The molecule has 11 heteroatoms. The minimum Gasteiger partial charge on any atom is -0.497 e. The van der Waals surface area contributed by atoms with Crippen LogP contribution in [0.15, 0.2) is 55.0 Å². The SMILES string of the molecule is COCCOCOc1cc(OC)cc(N(CCNC(C)C)c2ccc3ncc(-c4cnn(C5CCCCO5)c4)nc3c2)c1. The first-order chi connectivity index (χ1) is 21.0. The fourth-order valence-electron chi connectivity index (χ4n) is 4.96. The van der Waals surface area contributed by atoms with Gasteiger partial charge in [-0.05, 0) is 37.5 Å². The van der Waals surface area contributed by atoms with Crippen LogP contribution in [0.5, 0.6) is 11.5 Å². The van der Waals surface area contributed by atoms with Crippen LogP contribution in [0.1, 0.15) is 39.3 Å². The first-order valence-electron chi connectivity index (χ1n) is 14.9. The number of rotatable bonds is 15. The van der Waals surface area contributed by atoms with Crippen molar-refractivity contribution >= 4 is 22.4 Å². The highest BCUT2D eigenvalue weighted by Gasteiger charge is 2.18. The number of nitrogens with one attached hydrogen (secondary N) is 1. The summed E-state index contributed by atoms with van der Waals surface area (Å²) in [6.07, 6.45) is 8.81. The number of methoxy groups -OCH3 is 2. The van der Waals surface area contributed by atoms with E-state index in [1.54, 1.807) is 20.4 Å². The number of anilines is 2. The Bertz CT molecular complexity index is 1460. The van der Waals surface area contributed by atoms with Crippen molar-refractivity contribution in [3.05, 3.63) is 55.0 Å². The molecule has 0 radical (unpaired) electrons. The molecule has 1 aliphatic heterocycles.